The summed E-state index contributed by atoms with van der Waals surface area (Å²) < 4.78 is 27.2. The fraction of sp³-hybridized carbons (Fsp3) is 0.636. The van der Waals surface area contributed by atoms with Crippen LogP contribution in [-0.2, 0) is 10.0 Å². The van der Waals surface area contributed by atoms with E-state index in [1.807, 2.05) is 6.92 Å². The van der Waals surface area contributed by atoms with Gasteiger partial charge in [-0.3, -0.25) is 0 Å². The Balaban J connectivity index is 2.17. The number of likely N-dealkylation sites (N-methyl/N-ethyl adjacent to an activating group) is 1. The van der Waals surface area contributed by atoms with Crippen molar-refractivity contribution in [3.63, 3.8) is 0 Å². The second kappa shape index (κ2) is 5.58. The van der Waals surface area contributed by atoms with Crippen LogP contribution in [0.25, 0.3) is 0 Å². The van der Waals surface area contributed by atoms with Crippen molar-refractivity contribution in [3.8, 4) is 0 Å². The first kappa shape index (κ1) is 14.5. The molecule has 1 aromatic rings. The van der Waals surface area contributed by atoms with E-state index in [-0.39, 0.29) is 6.04 Å². The van der Waals surface area contributed by atoms with Crippen molar-refractivity contribution in [1.29, 1.82) is 0 Å². The number of hydrogen-bond donors (Lipinski definition) is 1. The number of sulfonamides is 1. The van der Waals surface area contributed by atoms with E-state index in [0.717, 1.165) is 28.0 Å². The second-order valence-corrected chi connectivity index (χ2v) is 9.20. The molecule has 4 nitrogen and oxygen atoms in total. The molecular formula is C11H17BrN2O2S2. The molecule has 1 N–H and O–H groups in total. The highest BCUT2D eigenvalue weighted by molar-refractivity contribution is 9.11. The third-order valence-corrected chi connectivity index (χ3v) is 6.80. The highest BCUT2D eigenvalue weighted by Crippen LogP contribution is 2.31. The van der Waals surface area contributed by atoms with Crippen LogP contribution >= 0.6 is 27.3 Å². The Morgan fingerprint density at radius 2 is 2.33 bits per heavy atom. The first-order chi connectivity index (χ1) is 8.41. The van der Waals surface area contributed by atoms with Crippen molar-refractivity contribution in [1.82, 2.24) is 9.62 Å². The molecule has 0 aliphatic carbocycles. The van der Waals surface area contributed by atoms with Crippen molar-refractivity contribution in [3.05, 3.63) is 14.7 Å². The lowest BCUT2D eigenvalue weighted by Gasteiger charge is -2.20. The quantitative estimate of drug-likeness (QED) is 0.903. The summed E-state index contributed by atoms with van der Waals surface area (Å²) in [5.74, 6) is 0. The number of nitrogens with zero attached hydrogens (tertiary/aromatic N) is 1. The molecule has 1 aliphatic rings. The van der Waals surface area contributed by atoms with Crippen LogP contribution in [0.5, 0.6) is 0 Å². The summed E-state index contributed by atoms with van der Waals surface area (Å²) in [6, 6.07) is 1.97. The van der Waals surface area contributed by atoms with Crippen LogP contribution in [0, 0.1) is 6.92 Å². The maximum atomic E-state index is 12.4. The minimum absolute atomic E-state index is 0.284. The van der Waals surface area contributed by atoms with Gasteiger partial charge in [-0.15, -0.1) is 11.3 Å². The molecule has 0 saturated carbocycles. The highest BCUT2D eigenvalue weighted by Gasteiger charge is 2.27. The molecule has 0 spiro atoms. The molecule has 0 radical (unpaired) electrons. The zero-order valence-electron chi connectivity index (χ0n) is 10.4. The molecule has 0 amide bonds. The smallest absolute Gasteiger partial charge is 0.244 e. The van der Waals surface area contributed by atoms with Crippen LogP contribution in [-0.4, -0.2) is 38.9 Å². The van der Waals surface area contributed by atoms with Gasteiger partial charge in [-0.05, 0) is 48.3 Å². The normalized spacial score (nSPS) is 20.8. The van der Waals surface area contributed by atoms with Crippen LogP contribution in [0.4, 0.5) is 0 Å². The Morgan fingerprint density at radius 1 is 1.61 bits per heavy atom. The van der Waals surface area contributed by atoms with E-state index in [4.69, 9.17) is 0 Å². The van der Waals surface area contributed by atoms with Crippen molar-refractivity contribution in [2.45, 2.75) is 30.7 Å². The topological polar surface area (TPSA) is 49.4 Å². The standard InChI is InChI=1S/C11H17BrN2O2S2/c1-8-10(6-11(12)17-8)18(15,16)14(2)7-9-4-3-5-13-9/h6,9,13H,3-5,7H2,1-2H3. The van der Waals surface area contributed by atoms with Crippen molar-refractivity contribution in [2.75, 3.05) is 20.1 Å². The van der Waals surface area contributed by atoms with Crippen molar-refractivity contribution >= 4 is 37.3 Å². The second-order valence-electron chi connectivity index (χ2n) is 4.55. The van der Waals surface area contributed by atoms with E-state index in [9.17, 15) is 8.42 Å². The Labute approximate surface area is 121 Å². The van der Waals surface area contributed by atoms with Gasteiger partial charge in [-0.25, -0.2) is 8.42 Å². The number of thiophene rings is 1. The summed E-state index contributed by atoms with van der Waals surface area (Å²) in [4.78, 5) is 1.24. The predicted molar refractivity (Wildman–Crippen MR) is 77.6 cm³/mol. The third kappa shape index (κ3) is 2.96. The summed E-state index contributed by atoms with van der Waals surface area (Å²) in [5, 5.41) is 3.32. The van der Waals surface area contributed by atoms with Crippen LogP contribution in [0.3, 0.4) is 0 Å². The molecule has 1 aliphatic heterocycles. The van der Waals surface area contributed by atoms with E-state index in [2.05, 4.69) is 21.2 Å². The van der Waals surface area contributed by atoms with Gasteiger partial charge in [0.05, 0.1) is 8.68 Å². The predicted octanol–water partition coefficient (Wildman–Crippen LogP) is 2.19. The molecule has 102 valence electrons. The van der Waals surface area contributed by atoms with Gasteiger partial charge < -0.3 is 5.32 Å². The summed E-state index contributed by atoms with van der Waals surface area (Å²) in [5.41, 5.74) is 0. The first-order valence-corrected chi connectivity index (χ1v) is 8.92. The number of halogens is 1. The lowest BCUT2D eigenvalue weighted by Crippen LogP contribution is -2.38. The maximum Gasteiger partial charge on any atom is 0.244 e. The van der Waals surface area contributed by atoms with E-state index in [1.165, 1.54) is 15.6 Å². The minimum atomic E-state index is -3.36. The number of nitrogens with one attached hydrogen (secondary N) is 1. The van der Waals surface area contributed by atoms with Gasteiger partial charge in [0.25, 0.3) is 0 Å². The van der Waals surface area contributed by atoms with Gasteiger partial charge >= 0.3 is 0 Å². The zero-order valence-corrected chi connectivity index (χ0v) is 13.7. The van der Waals surface area contributed by atoms with Gasteiger partial charge in [0.2, 0.25) is 10.0 Å². The molecule has 0 bridgehead atoms. The zero-order chi connectivity index (χ0) is 13.3. The fourth-order valence-electron chi connectivity index (χ4n) is 2.18. The highest BCUT2D eigenvalue weighted by atomic mass is 79.9. The molecule has 1 aromatic heterocycles. The van der Waals surface area contributed by atoms with Crippen LogP contribution in [0.2, 0.25) is 0 Å². The van der Waals surface area contributed by atoms with Crippen LogP contribution in [0.1, 0.15) is 17.7 Å². The van der Waals surface area contributed by atoms with Gasteiger partial charge in [-0.1, -0.05) is 0 Å². The molecule has 0 aromatic carbocycles. The largest absolute Gasteiger partial charge is 0.313 e. The molecule has 7 heteroatoms. The maximum absolute atomic E-state index is 12.4. The van der Waals surface area contributed by atoms with Crippen molar-refractivity contribution in [2.24, 2.45) is 0 Å². The van der Waals surface area contributed by atoms with E-state index in [0.29, 0.717) is 11.4 Å². The fourth-order valence-corrected chi connectivity index (χ4v) is 5.77. The number of hydrogen-bond acceptors (Lipinski definition) is 4. The van der Waals surface area contributed by atoms with Crippen LogP contribution < -0.4 is 5.32 Å². The lowest BCUT2D eigenvalue weighted by atomic mass is 10.2. The van der Waals surface area contributed by atoms with Gasteiger partial charge in [0, 0.05) is 24.5 Å². The third-order valence-electron chi connectivity index (χ3n) is 3.17. The molecule has 2 heterocycles. The average Bonchev–Trinajstić information content (AvgIpc) is 2.88. The lowest BCUT2D eigenvalue weighted by molar-refractivity contribution is 0.417. The molecule has 2 rings (SSSR count). The molecular weight excluding hydrogens is 336 g/mol. The molecule has 1 fully saturated rings. The monoisotopic (exact) mass is 352 g/mol. The molecule has 1 atom stereocenters. The summed E-state index contributed by atoms with van der Waals surface area (Å²) in [6.07, 6.45) is 2.17. The molecule has 18 heavy (non-hydrogen) atoms. The average molecular weight is 353 g/mol. The van der Waals surface area contributed by atoms with E-state index >= 15 is 0 Å². The summed E-state index contributed by atoms with van der Waals surface area (Å²) in [7, 11) is -1.71. The SMILES string of the molecule is Cc1sc(Br)cc1S(=O)(=O)N(C)CC1CCCN1. The van der Waals surface area contributed by atoms with Crippen molar-refractivity contribution < 1.29 is 8.42 Å². The van der Waals surface area contributed by atoms with Crippen LogP contribution in [0.15, 0.2) is 14.7 Å². The van der Waals surface area contributed by atoms with Gasteiger partial charge in [0.15, 0.2) is 0 Å². The van der Waals surface area contributed by atoms with Gasteiger partial charge in [-0.2, -0.15) is 4.31 Å². The Hall–Kier alpha value is 0.0500. The van der Waals surface area contributed by atoms with Gasteiger partial charge in [0.1, 0.15) is 0 Å². The Bertz CT molecular complexity index is 521. The first-order valence-electron chi connectivity index (χ1n) is 5.87. The van der Waals surface area contributed by atoms with E-state index < -0.39 is 10.0 Å². The summed E-state index contributed by atoms with van der Waals surface area (Å²) in [6.45, 7) is 3.36. The minimum Gasteiger partial charge on any atom is -0.313 e. The van der Waals surface area contributed by atoms with E-state index in [1.54, 1.807) is 13.1 Å². The molecule has 1 unspecified atom stereocenters. The number of rotatable bonds is 4. The Kier molecular flexibility index (Phi) is 4.48. The Morgan fingerprint density at radius 3 is 2.83 bits per heavy atom. The summed E-state index contributed by atoms with van der Waals surface area (Å²) >= 11 is 4.79. The number of aryl methyl sites for hydroxylation is 1. The molecule has 1 saturated heterocycles.